The Balaban J connectivity index is 2.22. The molecule has 2 unspecified atom stereocenters. The highest BCUT2D eigenvalue weighted by Gasteiger charge is 2.50. The van der Waals surface area contributed by atoms with Crippen molar-refractivity contribution in [3.8, 4) is 11.8 Å². The number of rotatable bonds is 0. The van der Waals surface area contributed by atoms with Gasteiger partial charge in [0.15, 0.2) is 0 Å². The average Bonchev–Trinajstić information content (AvgIpc) is 2.29. The van der Waals surface area contributed by atoms with E-state index in [9.17, 15) is 0 Å². The topological polar surface area (TPSA) is 0 Å². The quantitative estimate of drug-likeness (QED) is 0.413. The molecule has 0 heteroatoms. The van der Waals surface area contributed by atoms with E-state index in [1.54, 1.807) is 0 Å². The fraction of sp³-hybridized carbons (Fsp3) is 0.750. The van der Waals surface area contributed by atoms with E-state index >= 15 is 0 Å². The Morgan fingerprint density at radius 1 is 1.62 bits per heavy atom. The third kappa shape index (κ3) is 0.375. The van der Waals surface area contributed by atoms with Gasteiger partial charge in [-0.3, -0.25) is 0 Å². The minimum atomic E-state index is 0.542. The molecule has 0 saturated heterocycles. The molecule has 0 aromatic carbocycles. The predicted octanol–water partition coefficient (Wildman–Crippen LogP) is 1.81. The van der Waals surface area contributed by atoms with Crippen molar-refractivity contribution in [2.24, 2.45) is 11.3 Å². The SMILES string of the molecule is CC1CC12C#CCC2. The van der Waals surface area contributed by atoms with E-state index in [4.69, 9.17) is 0 Å². The number of hydrogen-bond acceptors (Lipinski definition) is 0. The molecule has 8 heavy (non-hydrogen) atoms. The van der Waals surface area contributed by atoms with Crippen LogP contribution in [0.5, 0.6) is 0 Å². The summed E-state index contributed by atoms with van der Waals surface area (Å²) in [7, 11) is 0. The van der Waals surface area contributed by atoms with E-state index in [1.807, 2.05) is 0 Å². The molecule has 2 aliphatic rings. The van der Waals surface area contributed by atoms with Crippen LogP contribution < -0.4 is 0 Å². The maximum Gasteiger partial charge on any atom is 0.0352 e. The first-order chi connectivity index (χ1) is 3.83. The molecule has 0 radical (unpaired) electrons. The lowest BCUT2D eigenvalue weighted by atomic mass is 10.0. The first-order valence-corrected chi connectivity index (χ1v) is 3.33. The Bertz CT molecular complexity index is 170. The van der Waals surface area contributed by atoms with Gasteiger partial charge >= 0.3 is 0 Å². The first-order valence-electron chi connectivity index (χ1n) is 3.33. The van der Waals surface area contributed by atoms with Crippen molar-refractivity contribution in [3.05, 3.63) is 0 Å². The Morgan fingerprint density at radius 3 is 2.62 bits per heavy atom. The molecule has 2 aliphatic carbocycles. The van der Waals surface area contributed by atoms with E-state index in [-0.39, 0.29) is 0 Å². The average molecular weight is 106 g/mol. The van der Waals surface area contributed by atoms with E-state index < -0.39 is 0 Å². The number of hydrogen-bond donors (Lipinski definition) is 0. The summed E-state index contributed by atoms with van der Waals surface area (Å²) in [5.74, 6) is 7.38. The minimum absolute atomic E-state index is 0.542. The van der Waals surface area contributed by atoms with Crippen LogP contribution in [0.1, 0.15) is 26.2 Å². The molecule has 0 aromatic rings. The second-order valence-electron chi connectivity index (χ2n) is 3.06. The van der Waals surface area contributed by atoms with Gasteiger partial charge in [0.2, 0.25) is 0 Å². The third-order valence-electron chi connectivity index (χ3n) is 2.49. The molecule has 0 heterocycles. The van der Waals surface area contributed by atoms with Crippen molar-refractivity contribution < 1.29 is 0 Å². The van der Waals surface area contributed by atoms with E-state index in [2.05, 4.69) is 18.8 Å². The summed E-state index contributed by atoms with van der Waals surface area (Å²) in [4.78, 5) is 0. The van der Waals surface area contributed by atoms with Crippen LogP contribution in [-0.2, 0) is 0 Å². The smallest absolute Gasteiger partial charge is 0.0352 e. The van der Waals surface area contributed by atoms with Crippen molar-refractivity contribution >= 4 is 0 Å². The predicted molar refractivity (Wildman–Crippen MR) is 33.2 cm³/mol. The highest BCUT2D eigenvalue weighted by molar-refractivity contribution is 5.27. The zero-order valence-corrected chi connectivity index (χ0v) is 5.20. The van der Waals surface area contributed by atoms with E-state index in [0.717, 1.165) is 12.3 Å². The van der Waals surface area contributed by atoms with Crippen molar-refractivity contribution in [3.63, 3.8) is 0 Å². The molecule has 1 fully saturated rings. The zero-order valence-electron chi connectivity index (χ0n) is 5.20. The maximum atomic E-state index is 3.31. The molecule has 0 amide bonds. The Hall–Kier alpha value is -0.440. The van der Waals surface area contributed by atoms with Crippen LogP contribution in [0.25, 0.3) is 0 Å². The minimum Gasteiger partial charge on any atom is -0.103 e. The van der Waals surface area contributed by atoms with Crippen LogP contribution in [0.4, 0.5) is 0 Å². The van der Waals surface area contributed by atoms with Crippen LogP contribution in [0.2, 0.25) is 0 Å². The lowest BCUT2D eigenvalue weighted by Gasteiger charge is -1.97. The summed E-state index contributed by atoms with van der Waals surface area (Å²) in [5.41, 5.74) is 0.542. The second-order valence-corrected chi connectivity index (χ2v) is 3.06. The van der Waals surface area contributed by atoms with E-state index in [1.165, 1.54) is 12.8 Å². The fourth-order valence-corrected chi connectivity index (χ4v) is 1.60. The first kappa shape index (κ1) is 4.44. The Labute approximate surface area is 50.3 Å². The molecule has 2 rings (SSSR count). The Kier molecular flexibility index (Phi) is 0.612. The van der Waals surface area contributed by atoms with Gasteiger partial charge in [0.1, 0.15) is 0 Å². The van der Waals surface area contributed by atoms with Crippen LogP contribution in [-0.4, -0.2) is 0 Å². The molecule has 1 saturated carbocycles. The van der Waals surface area contributed by atoms with Gasteiger partial charge in [-0.15, -0.1) is 5.92 Å². The summed E-state index contributed by atoms with van der Waals surface area (Å²) in [5, 5.41) is 0. The lowest BCUT2D eigenvalue weighted by molar-refractivity contribution is 0.589. The molecule has 0 aromatic heterocycles. The summed E-state index contributed by atoms with van der Waals surface area (Å²) in [6, 6.07) is 0. The Morgan fingerprint density at radius 2 is 2.38 bits per heavy atom. The summed E-state index contributed by atoms with van der Waals surface area (Å²) in [6.07, 6.45) is 3.86. The highest BCUT2D eigenvalue weighted by Crippen LogP contribution is 2.56. The standard InChI is InChI=1S/C8H10/c1-7-6-8(7)4-2-3-5-8/h7H,2,4,6H2,1H3. The van der Waals surface area contributed by atoms with E-state index in [0.29, 0.717) is 5.41 Å². The zero-order chi connectivity index (χ0) is 5.61. The van der Waals surface area contributed by atoms with Gasteiger partial charge < -0.3 is 0 Å². The van der Waals surface area contributed by atoms with Gasteiger partial charge in [0.05, 0.1) is 0 Å². The molecule has 1 spiro atoms. The highest BCUT2D eigenvalue weighted by atomic mass is 14.5. The molecule has 0 nitrogen and oxygen atoms in total. The van der Waals surface area contributed by atoms with Gasteiger partial charge in [-0.2, -0.15) is 0 Å². The van der Waals surface area contributed by atoms with Crippen molar-refractivity contribution in [2.75, 3.05) is 0 Å². The van der Waals surface area contributed by atoms with Gasteiger partial charge in [-0.1, -0.05) is 12.8 Å². The van der Waals surface area contributed by atoms with Crippen molar-refractivity contribution in [1.82, 2.24) is 0 Å². The third-order valence-corrected chi connectivity index (χ3v) is 2.49. The molecule has 0 N–H and O–H groups in total. The molecular weight excluding hydrogens is 96.1 g/mol. The largest absolute Gasteiger partial charge is 0.103 e. The fourth-order valence-electron chi connectivity index (χ4n) is 1.60. The molecule has 42 valence electrons. The summed E-state index contributed by atoms with van der Waals surface area (Å²) >= 11 is 0. The second kappa shape index (κ2) is 1.10. The van der Waals surface area contributed by atoms with Gasteiger partial charge in [-0.25, -0.2) is 0 Å². The normalized spacial score (nSPS) is 48.9. The molecule has 2 atom stereocenters. The van der Waals surface area contributed by atoms with Gasteiger partial charge in [0.25, 0.3) is 0 Å². The lowest BCUT2D eigenvalue weighted by Crippen LogP contribution is -1.92. The molecular formula is C8H10. The summed E-state index contributed by atoms with van der Waals surface area (Å²) < 4.78 is 0. The molecule has 0 aliphatic heterocycles. The van der Waals surface area contributed by atoms with Gasteiger partial charge in [-0.05, 0) is 18.8 Å². The van der Waals surface area contributed by atoms with Crippen molar-refractivity contribution in [1.29, 1.82) is 0 Å². The monoisotopic (exact) mass is 106 g/mol. The molecule has 0 bridgehead atoms. The summed E-state index contributed by atoms with van der Waals surface area (Å²) in [6.45, 7) is 2.31. The van der Waals surface area contributed by atoms with Crippen LogP contribution in [0.15, 0.2) is 0 Å². The van der Waals surface area contributed by atoms with Crippen molar-refractivity contribution in [2.45, 2.75) is 26.2 Å². The van der Waals surface area contributed by atoms with Crippen LogP contribution in [0, 0.1) is 23.2 Å². The van der Waals surface area contributed by atoms with Gasteiger partial charge in [0, 0.05) is 11.8 Å². The van der Waals surface area contributed by atoms with Crippen LogP contribution >= 0.6 is 0 Å². The van der Waals surface area contributed by atoms with Crippen LogP contribution in [0.3, 0.4) is 0 Å². The maximum absolute atomic E-state index is 3.31.